The first-order chi connectivity index (χ1) is 8.66. The number of carbonyl (C=O) groups is 1. The Kier molecular flexibility index (Phi) is 3.57. The van der Waals surface area contributed by atoms with Crippen molar-refractivity contribution in [2.45, 2.75) is 6.92 Å². The molecule has 0 unspecified atom stereocenters. The van der Waals surface area contributed by atoms with E-state index in [-0.39, 0.29) is 12.3 Å². The van der Waals surface area contributed by atoms with Gasteiger partial charge in [-0.1, -0.05) is 0 Å². The highest BCUT2D eigenvalue weighted by molar-refractivity contribution is 5.80. The number of aromatic nitrogens is 3. The lowest BCUT2D eigenvalue weighted by atomic mass is 10.4. The Bertz CT molecular complexity index is 523. The molecule has 6 nitrogen and oxygen atoms in total. The number of ketones is 1. The Labute approximate surface area is 105 Å². The first-order valence-electron chi connectivity index (χ1n) is 5.59. The van der Waals surface area contributed by atoms with Crippen LogP contribution < -0.4 is 10.2 Å². The number of nitrogens with one attached hydrogen (secondary N) is 2. The molecule has 0 amide bonds. The van der Waals surface area contributed by atoms with Gasteiger partial charge in [-0.25, -0.2) is 9.97 Å². The van der Waals surface area contributed by atoms with Crippen LogP contribution >= 0.6 is 0 Å². The second-order valence-corrected chi connectivity index (χ2v) is 3.93. The largest absolute Gasteiger partial charge is 0.363 e. The number of carbonyl (C=O) groups excluding carboxylic acids is 1. The lowest BCUT2D eigenvalue weighted by Crippen LogP contribution is -2.14. The molecule has 18 heavy (non-hydrogen) atoms. The summed E-state index contributed by atoms with van der Waals surface area (Å²) in [6.07, 6.45) is 3.32. The van der Waals surface area contributed by atoms with Crippen LogP contribution in [0.15, 0.2) is 30.7 Å². The van der Waals surface area contributed by atoms with Crippen LogP contribution in [0.4, 0.5) is 17.5 Å². The average Bonchev–Trinajstić information content (AvgIpc) is 2.89. The normalized spacial score (nSPS) is 10.1. The summed E-state index contributed by atoms with van der Waals surface area (Å²) in [5.41, 5.74) is 0. The highest BCUT2D eigenvalue weighted by atomic mass is 16.1. The molecule has 94 valence electrons. The summed E-state index contributed by atoms with van der Waals surface area (Å²) in [6, 6.07) is 5.66. The van der Waals surface area contributed by atoms with E-state index in [2.05, 4.69) is 20.3 Å². The Morgan fingerprint density at radius 2 is 2.33 bits per heavy atom. The molecule has 0 aromatic carbocycles. The number of nitrogens with zero attached hydrogens (tertiary/aromatic N) is 3. The summed E-state index contributed by atoms with van der Waals surface area (Å²) in [5.74, 6) is 2.38. The Balaban J connectivity index is 2.14. The summed E-state index contributed by atoms with van der Waals surface area (Å²) in [6.45, 7) is 1.79. The summed E-state index contributed by atoms with van der Waals surface area (Å²) in [4.78, 5) is 24.2. The van der Waals surface area contributed by atoms with Crippen molar-refractivity contribution in [1.82, 2.24) is 15.0 Å². The topological polar surface area (TPSA) is 73.9 Å². The third kappa shape index (κ3) is 2.85. The minimum atomic E-state index is 0.0629. The number of aromatic amines is 1. The third-order valence-electron chi connectivity index (χ3n) is 2.46. The van der Waals surface area contributed by atoms with Crippen molar-refractivity contribution in [3.05, 3.63) is 30.7 Å². The molecule has 0 atom stereocenters. The molecule has 2 rings (SSSR count). The van der Waals surface area contributed by atoms with Crippen molar-refractivity contribution in [1.29, 1.82) is 0 Å². The summed E-state index contributed by atoms with van der Waals surface area (Å²) < 4.78 is 0. The van der Waals surface area contributed by atoms with E-state index in [1.807, 2.05) is 30.3 Å². The predicted octanol–water partition coefficient (Wildman–Crippen LogP) is 1.57. The van der Waals surface area contributed by atoms with Crippen LogP contribution in [0.5, 0.6) is 0 Å². The summed E-state index contributed by atoms with van der Waals surface area (Å²) in [7, 11) is 1.91. The number of hydrogen-bond donors (Lipinski definition) is 2. The van der Waals surface area contributed by atoms with Crippen LogP contribution in [0, 0.1) is 0 Å². The highest BCUT2D eigenvalue weighted by Crippen LogP contribution is 2.20. The lowest BCUT2D eigenvalue weighted by molar-refractivity contribution is -0.115. The SMILES string of the molecule is CC(=O)CNc1cc(N(C)c2ccc[nH]2)ncn1. The van der Waals surface area contributed by atoms with Crippen LogP contribution in [0.3, 0.4) is 0 Å². The molecule has 0 bridgehead atoms. The quantitative estimate of drug-likeness (QED) is 0.836. The van der Waals surface area contributed by atoms with Crippen LogP contribution in [0.2, 0.25) is 0 Å². The molecule has 0 aliphatic heterocycles. The molecule has 2 aromatic rings. The minimum Gasteiger partial charge on any atom is -0.363 e. The zero-order chi connectivity index (χ0) is 13.0. The van der Waals surface area contributed by atoms with E-state index in [1.54, 1.807) is 6.07 Å². The van der Waals surface area contributed by atoms with Gasteiger partial charge in [0.1, 0.15) is 29.6 Å². The van der Waals surface area contributed by atoms with Gasteiger partial charge in [-0.15, -0.1) is 0 Å². The van der Waals surface area contributed by atoms with E-state index in [9.17, 15) is 4.79 Å². The van der Waals surface area contributed by atoms with Gasteiger partial charge >= 0.3 is 0 Å². The van der Waals surface area contributed by atoms with Gasteiger partial charge in [0.2, 0.25) is 0 Å². The number of H-pyrrole nitrogens is 1. The molecule has 0 aliphatic rings. The van der Waals surface area contributed by atoms with E-state index in [0.717, 1.165) is 11.6 Å². The molecule has 2 heterocycles. The summed E-state index contributed by atoms with van der Waals surface area (Å²) >= 11 is 0. The van der Waals surface area contributed by atoms with Crippen molar-refractivity contribution in [2.24, 2.45) is 0 Å². The van der Waals surface area contributed by atoms with Gasteiger partial charge in [-0.3, -0.25) is 4.79 Å². The van der Waals surface area contributed by atoms with Crippen LogP contribution in [0.1, 0.15) is 6.92 Å². The fourth-order valence-corrected chi connectivity index (χ4v) is 1.50. The first kappa shape index (κ1) is 12.1. The monoisotopic (exact) mass is 245 g/mol. The van der Waals surface area contributed by atoms with E-state index in [4.69, 9.17) is 0 Å². The number of hydrogen-bond acceptors (Lipinski definition) is 5. The smallest absolute Gasteiger partial charge is 0.148 e. The second kappa shape index (κ2) is 5.31. The maximum atomic E-state index is 10.9. The lowest BCUT2D eigenvalue weighted by Gasteiger charge is -2.16. The van der Waals surface area contributed by atoms with E-state index in [1.165, 1.54) is 13.3 Å². The van der Waals surface area contributed by atoms with Gasteiger partial charge < -0.3 is 15.2 Å². The van der Waals surface area contributed by atoms with Crippen molar-refractivity contribution in [3.8, 4) is 0 Å². The number of Topliss-reactive ketones (excluding diaryl/α,β-unsaturated/α-hetero) is 1. The van der Waals surface area contributed by atoms with Crippen molar-refractivity contribution < 1.29 is 4.79 Å². The highest BCUT2D eigenvalue weighted by Gasteiger charge is 2.07. The van der Waals surface area contributed by atoms with Crippen LogP contribution in [-0.4, -0.2) is 34.3 Å². The van der Waals surface area contributed by atoms with Gasteiger partial charge in [0.25, 0.3) is 0 Å². The molecule has 0 fully saturated rings. The second-order valence-electron chi connectivity index (χ2n) is 3.93. The minimum absolute atomic E-state index is 0.0629. The molecule has 6 heteroatoms. The molecule has 0 saturated carbocycles. The number of rotatable bonds is 5. The Hall–Kier alpha value is -2.37. The molecule has 0 radical (unpaired) electrons. The Morgan fingerprint density at radius 1 is 1.50 bits per heavy atom. The van der Waals surface area contributed by atoms with Crippen LogP contribution in [0.25, 0.3) is 0 Å². The van der Waals surface area contributed by atoms with Gasteiger partial charge in [-0.2, -0.15) is 0 Å². The standard InChI is InChI=1S/C12H15N5O/c1-9(18)7-14-10-6-12(16-8-15-10)17(2)11-4-3-5-13-11/h3-6,8,13H,7H2,1-2H3,(H,14,15,16). The molecule has 2 aromatic heterocycles. The zero-order valence-corrected chi connectivity index (χ0v) is 10.3. The van der Waals surface area contributed by atoms with Gasteiger partial charge in [0.15, 0.2) is 0 Å². The van der Waals surface area contributed by atoms with Gasteiger partial charge in [-0.05, 0) is 19.1 Å². The third-order valence-corrected chi connectivity index (χ3v) is 2.46. The molecular weight excluding hydrogens is 230 g/mol. The predicted molar refractivity (Wildman–Crippen MR) is 70.1 cm³/mol. The van der Waals surface area contributed by atoms with E-state index >= 15 is 0 Å². The summed E-state index contributed by atoms with van der Waals surface area (Å²) in [5, 5.41) is 2.95. The van der Waals surface area contributed by atoms with Crippen LogP contribution in [-0.2, 0) is 4.79 Å². The molecule has 0 saturated heterocycles. The Morgan fingerprint density at radius 3 is 3.00 bits per heavy atom. The first-order valence-corrected chi connectivity index (χ1v) is 5.59. The average molecular weight is 245 g/mol. The van der Waals surface area contributed by atoms with Gasteiger partial charge in [0, 0.05) is 19.3 Å². The molecular formula is C12H15N5O. The van der Waals surface area contributed by atoms with Crippen molar-refractivity contribution in [3.63, 3.8) is 0 Å². The molecule has 2 N–H and O–H groups in total. The van der Waals surface area contributed by atoms with E-state index < -0.39 is 0 Å². The van der Waals surface area contributed by atoms with Crippen molar-refractivity contribution >= 4 is 23.2 Å². The van der Waals surface area contributed by atoms with E-state index in [0.29, 0.717) is 5.82 Å². The zero-order valence-electron chi connectivity index (χ0n) is 10.3. The fourth-order valence-electron chi connectivity index (χ4n) is 1.50. The molecule has 0 aliphatic carbocycles. The maximum absolute atomic E-state index is 10.9. The molecule has 0 spiro atoms. The van der Waals surface area contributed by atoms with Gasteiger partial charge in [0.05, 0.1) is 6.54 Å². The number of anilines is 3. The van der Waals surface area contributed by atoms with Crippen molar-refractivity contribution in [2.75, 3.05) is 23.8 Å². The fraction of sp³-hybridized carbons (Fsp3) is 0.250. The maximum Gasteiger partial charge on any atom is 0.148 e.